The van der Waals surface area contributed by atoms with Crippen molar-refractivity contribution in [1.29, 1.82) is 0 Å². The molecule has 3 nitrogen and oxygen atoms in total. The van der Waals surface area contributed by atoms with Gasteiger partial charge in [0.15, 0.2) is 5.82 Å². The minimum atomic E-state index is -0.179. The minimum Gasteiger partial charge on any atom is -0.310 e. The number of rotatable bonds is 2. The number of hydrogen-bond donors (Lipinski definition) is 0. The zero-order valence-corrected chi connectivity index (χ0v) is 9.02. The molecule has 1 aromatic heterocycles. The summed E-state index contributed by atoms with van der Waals surface area (Å²) in [5.74, 6) is 0.659. The first-order valence-electron chi connectivity index (χ1n) is 5.42. The topological polar surface area (TPSA) is 30.7 Å². The molecule has 1 aliphatic rings. The van der Waals surface area contributed by atoms with Gasteiger partial charge in [-0.3, -0.25) is 0 Å². The lowest BCUT2D eigenvalue weighted by Crippen LogP contribution is -1.96. The van der Waals surface area contributed by atoms with Crippen LogP contribution in [0.2, 0.25) is 0 Å². The van der Waals surface area contributed by atoms with Gasteiger partial charge >= 0.3 is 0 Å². The highest BCUT2D eigenvalue weighted by atomic mass is 19.1. The van der Waals surface area contributed by atoms with Gasteiger partial charge in [0.05, 0.1) is 0 Å². The molecule has 1 saturated carbocycles. The van der Waals surface area contributed by atoms with E-state index in [9.17, 15) is 4.39 Å². The SMILES string of the molecule is Cc1cc(-c2nncn2C2CC2)ccc1F. The molecular formula is C12H12FN3. The summed E-state index contributed by atoms with van der Waals surface area (Å²) in [6.45, 7) is 1.76. The molecule has 1 fully saturated rings. The molecule has 0 unspecified atom stereocenters. The Balaban J connectivity index is 2.07. The van der Waals surface area contributed by atoms with Crippen LogP contribution in [0.1, 0.15) is 24.4 Å². The first-order valence-corrected chi connectivity index (χ1v) is 5.42. The van der Waals surface area contributed by atoms with Crippen LogP contribution in [-0.2, 0) is 0 Å². The third kappa shape index (κ3) is 1.50. The summed E-state index contributed by atoms with van der Waals surface area (Å²) < 4.78 is 15.2. The Bertz CT molecular complexity index is 529. The smallest absolute Gasteiger partial charge is 0.164 e. The van der Waals surface area contributed by atoms with Crippen molar-refractivity contribution in [1.82, 2.24) is 14.8 Å². The number of aromatic nitrogens is 3. The maximum Gasteiger partial charge on any atom is 0.164 e. The van der Waals surface area contributed by atoms with Gasteiger partial charge in [-0.15, -0.1) is 10.2 Å². The van der Waals surface area contributed by atoms with E-state index in [0.717, 1.165) is 11.4 Å². The fraction of sp³-hybridized carbons (Fsp3) is 0.333. The number of benzene rings is 1. The molecule has 0 bridgehead atoms. The molecule has 0 spiro atoms. The molecule has 1 aliphatic carbocycles. The molecule has 0 atom stereocenters. The van der Waals surface area contributed by atoms with E-state index in [1.807, 2.05) is 6.07 Å². The highest BCUT2D eigenvalue weighted by Crippen LogP contribution is 2.37. The van der Waals surface area contributed by atoms with Gasteiger partial charge in [-0.1, -0.05) is 0 Å². The highest BCUT2D eigenvalue weighted by Gasteiger charge is 2.26. The Morgan fingerprint density at radius 2 is 2.19 bits per heavy atom. The van der Waals surface area contributed by atoms with Gasteiger partial charge < -0.3 is 4.57 Å². The first-order chi connectivity index (χ1) is 7.75. The van der Waals surface area contributed by atoms with Gasteiger partial charge in [0.25, 0.3) is 0 Å². The first kappa shape index (κ1) is 9.51. The Morgan fingerprint density at radius 1 is 1.38 bits per heavy atom. The molecule has 0 radical (unpaired) electrons. The summed E-state index contributed by atoms with van der Waals surface area (Å²) in [5.41, 5.74) is 1.58. The third-order valence-electron chi connectivity index (χ3n) is 2.93. The van der Waals surface area contributed by atoms with Crippen LogP contribution in [-0.4, -0.2) is 14.8 Å². The van der Waals surface area contributed by atoms with Crippen LogP contribution >= 0.6 is 0 Å². The van der Waals surface area contributed by atoms with E-state index in [1.54, 1.807) is 19.3 Å². The van der Waals surface area contributed by atoms with E-state index in [0.29, 0.717) is 11.6 Å². The van der Waals surface area contributed by atoms with E-state index in [1.165, 1.54) is 18.9 Å². The molecule has 1 heterocycles. The van der Waals surface area contributed by atoms with Gasteiger partial charge in [0, 0.05) is 11.6 Å². The van der Waals surface area contributed by atoms with Crippen LogP contribution in [0.15, 0.2) is 24.5 Å². The van der Waals surface area contributed by atoms with E-state index < -0.39 is 0 Å². The van der Waals surface area contributed by atoms with Gasteiger partial charge in [-0.25, -0.2) is 4.39 Å². The monoisotopic (exact) mass is 217 g/mol. The summed E-state index contributed by atoms with van der Waals surface area (Å²) in [6, 6.07) is 5.59. The Kier molecular flexibility index (Phi) is 2.02. The summed E-state index contributed by atoms with van der Waals surface area (Å²) >= 11 is 0. The molecule has 0 saturated heterocycles. The van der Waals surface area contributed by atoms with E-state index >= 15 is 0 Å². The van der Waals surface area contributed by atoms with Crippen LogP contribution in [0.5, 0.6) is 0 Å². The molecule has 3 rings (SSSR count). The second-order valence-electron chi connectivity index (χ2n) is 4.26. The second-order valence-corrected chi connectivity index (χ2v) is 4.26. The Morgan fingerprint density at radius 3 is 2.88 bits per heavy atom. The lowest BCUT2D eigenvalue weighted by Gasteiger charge is -2.05. The molecule has 2 aromatic rings. The quantitative estimate of drug-likeness (QED) is 0.774. The Labute approximate surface area is 92.9 Å². The van der Waals surface area contributed by atoms with E-state index in [2.05, 4.69) is 14.8 Å². The van der Waals surface area contributed by atoms with Gasteiger partial charge in [-0.05, 0) is 43.5 Å². The summed E-state index contributed by atoms with van der Waals surface area (Å²) in [6.07, 6.45) is 4.13. The maximum atomic E-state index is 13.2. The van der Waals surface area contributed by atoms with Crippen molar-refractivity contribution in [3.8, 4) is 11.4 Å². The van der Waals surface area contributed by atoms with E-state index in [-0.39, 0.29) is 5.82 Å². The van der Waals surface area contributed by atoms with Gasteiger partial charge in [-0.2, -0.15) is 0 Å². The normalized spacial score (nSPS) is 15.4. The zero-order chi connectivity index (χ0) is 11.1. The van der Waals surface area contributed by atoms with Crippen molar-refractivity contribution in [2.24, 2.45) is 0 Å². The highest BCUT2D eigenvalue weighted by molar-refractivity contribution is 5.56. The number of aryl methyl sites for hydroxylation is 1. The largest absolute Gasteiger partial charge is 0.310 e. The minimum absolute atomic E-state index is 0.179. The average Bonchev–Trinajstić information content (AvgIpc) is 3.01. The summed E-state index contributed by atoms with van der Waals surface area (Å²) in [7, 11) is 0. The van der Waals surface area contributed by atoms with Crippen LogP contribution in [0.3, 0.4) is 0 Å². The van der Waals surface area contributed by atoms with Gasteiger partial charge in [0.1, 0.15) is 12.1 Å². The molecule has 16 heavy (non-hydrogen) atoms. The van der Waals surface area contributed by atoms with Gasteiger partial charge in [0.2, 0.25) is 0 Å². The van der Waals surface area contributed by atoms with Crippen molar-refractivity contribution in [2.75, 3.05) is 0 Å². The maximum absolute atomic E-state index is 13.2. The van der Waals surface area contributed by atoms with Crippen molar-refractivity contribution in [3.05, 3.63) is 35.9 Å². The van der Waals surface area contributed by atoms with E-state index in [4.69, 9.17) is 0 Å². The molecule has 0 aliphatic heterocycles. The van der Waals surface area contributed by atoms with Crippen LogP contribution in [0.25, 0.3) is 11.4 Å². The number of hydrogen-bond acceptors (Lipinski definition) is 2. The molecule has 82 valence electrons. The molecule has 0 amide bonds. The number of nitrogens with zero attached hydrogens (tertiary/aromatic N) is 3. The molecular weight excluding hydrogens is 205 g/mol. The molecule has 4 heteroatoms. The van der Waals surface area contributed by atoms with Crippen LogP contribution in [0, 0.1) is 12.7 Å². The standard InChI is InChI=1S/C12H12FN3/c1-8-6-9(2-5-11(8)13)12-15-14-7-16(12)10-3-4-10/h2,5-7,10H,3-4H2,1H3. The molecule has 0 N–H and O–H groups in total. The average molecular weight is 217 g/mol. The number of halogens is 1. The van der Waals surface area contributed by atoms with Crippen LogP contribution < -0.4 is 0 Å². The lowest BCUT2D eigenvalue weighted by atomic mass is 10.1. The van der Waals surface area contributed by atoms with Crippen molar-refractivity contribution in [2.45, 2.75) is 25.8 Å². The molecule has 1 aromatic carbocycles. The van der Waals surface area contributed by atoms with Crippen molar-refractivity contribution in [3.63, 3.8) is 0 Å². The predicted octanol–water partition coefficient (Wildman–Crippen LogP) is 2.73. The summed E-state index contributed by atoms with van der Waals surface area (Å²) in [4.78, 5) is 0. The lowest BCUT2D eigenvalue weighted by molar-refractivity contribution is 0.618. The van der Waals surface area contributed by atoms with Crippen molar-refractivity contribution >= 4 is 0 Å². The third-order valence-corrected chi connectivity index (χ3v) is 2.93. The fourth-order valence-corrected chi connectivity index (χ4v) is 1.85. The predicted molar refractivity (Wildman–Crippen MR) is 58.4 cm³/mol. The second kappa shape index (κ2) is 3.40. The fourth-order valence-electron chi connectivity index (χ4n) is 1.85. The van der Waals surface area contributed by atoms with Crippen LogP contribution in [0.4, 0.5) is 4.39 Å². The Hall–Kier alpha value is -1.71. The summed E-state index contributed by atoms with van der Waals surface area (Å²) in [5, 5.41) is 8.04. The van der Waals surface area contributed by atoms with Crippen molar-refractivity contribution < 1.29 is 4.39 Å². The zero-order valence-electron chi connectivity index (χ0n) is 9.02.